The van der Waals surface area contributed by atoms with Crippen molar-refractivity contribution in [1.29, 1.82) is 0 Å². The van der Waals surface area contributed by atoms with E-state index in [0.717, 1.165) is 47.6 Å². The number of hydrogen-bond acceptors (Lipinski definition) is 6. The Morgan fingerprint density at radius 2 is 1.90 bits per heavy atom. The zero-order chi connectivity index (χ0) is 21.1. The summed E-state index contributed by atoms with van der Waals surface area (Å²) in [5, 5.41) is 0. The number of hydrogen-bond donors (Lipinski definition) is 0. The number of aromatic nitrogens is 4. The van der Waals surface area contributed by atoms with E-state index in [-0.39, 0.29) is 5.54 Å². The molecule has 0 N–H and O–H groups in total. The molecule has 3 aromatic heterocycles. The largest absolute Gasteiger partial charge is 0.471 e. The average molecular weight is 404 g/mol. The van der Waals surface area contributed by atoms with E-state index in [2.05, 4.69) is 42.8 Å². The van der Waals surface area contributed by atoms with Gasteiger partial charge in [-0.3, -0.25) is 14.9 Å². The van der Waals surface area contributed by atoms with Crippen molar-refractivity contribution in [2.75, 3.05) is 14.1 Å². The Morgan fingerprint density at radius 1 is 1.07 bits per heavy atom. The van der Waals surface area contributed by atoms with E-state index >= 15 is 0 Å². The molecule has 1 aliphatic rings. The van der Waals surface area contributed by atoms with Gasteiger partial charge in [0.1, 0.15) is 6.61 Å². The zero-order valence-corrected chi connectivity index (χ0v) is 18.2. The summed E-state index contributed by atoms with van der Waals surface area (Å²) in [5.74, 6) is 0.621. The van der Waals surface area contributed by atoms with Crippen LogP contribution in [-0.2, 0) is 25.0 Å². The Balaban J connectivity index is 1.72. The van der Waals surface area contributed by atoms with Gasteiger partial charge in [-0.15, -0.1) is 0 Å². The molecule has 0 saturated carbocycles. The van der Waals surface area contributed by atoms with Crippen LogP contribution in [0.3, 0.4) is 0 Å². The van der Waals surface area contributed by atoms with Crippen LogP contribution in [0.25, 0.3) is 11.3 Å². The van der Waals surface area contributed by atoms with Crippen LogP contribution in [-0.4, -0.2) is 38.9 Å². The van der Waals surface area contributed by atoms with E-state index in [1.807, 2.05) is 36.7 Å². The maximum absolute atomic E-state index is 6.03. The summed E-state index contributed by atoms with van der Waals surface area (Å²) in [5.41, 5.74) is 5.98. The summed E-state index contributed by atoms with van der Waals surface area (Å²) >= 11 is 0. The Labute approximate surface area is 178 Å². The predicted octanol–water partition coefficient (Wildman–Crippen LogP) is 4.19. The third-order valence-corrected chi connectivity index (χ3v) is 6.03. The maximum atomic E-state index is 6.03. The molecule has 3 aromatic rings. The molecule has 0 unspecified atom stereocenters. The normalized spacial score (nSPS) is 13.9. The second-order valence-corrected chi connectivity index (χ2v) is 8.49. The molecule has 0 saturated heterocycles. The van der Waals surface area contributed by atoms with Gasteiger partial charge in [0.25, 0.3) is 0 Å². The summed E-state index contributed by atoms with van der Waals surface area (Å²) in [4.78, 5) is 20.8. The highest BCUT2D eigenvalue weighted by Crippen LogP contribution is 2.34. The van der Waals surface area contributed by atoms with Crippen LogP contribution in [0.2, 0.25) is 0 Å². The van der Waals surface area contributed by atoms with Crippen LogP contribution >= 0.6 is 0 Å². The lowest BCUT2D eigenvalue weighted by atomic mass is 9.91. The van der Waals surface area contributed by atoms with Gasteiger partial charge in [-0.05, 0) is 71.3 Å². The molecule has 0 spiro atoms. The number of ether oxygens (including phenoxy) is 1. The molecule has 0 bridgehead atoms. The van der Waals surface area contributed by atoms with Crippen LogP contribution in [0.15, 0.2) is 42.9 Å². The molecule has 0 atom stereocenters. The van der Waals surface area contributed by atoms with Crippen molar-refractivity contribution >= 4 is 0 Å². The van der Waals surface area contributed by atoms with Gasteiger partial charge >= 0.3 is 0 Å². The van der Waals surface area contributed by atoms with Crippen LogP contribution in [0.1, 0.15) is 49.3 Å². The van der Waals surface area contributed by atoms with Gasteiger partial charge in [-0.2, -0.15) is 0 Å². The standard InChI is InChI=1S/C24H29N5O/c1-24(2,29(3)4)22-15-25-14-21(27-22)19-13-23(28-20-11-6-5-10-18(19)20)30-16-17-9-7-8-12-26-17/h7-9,12-15H,5-6,10-11,16H2,1-4H3. The number of nitrogens with zero attached hydrogens (tertiary/aromatic N) is 5. The number of fused-ring (bicyclic) bond motifs is 1. The third-order valence-electron chi connectivity index (χ3n) is 6.03. The smallest absolute Gasteiger partial charge is 0.214 e. The molecule has 0 fully saturated rings. The van der Waals surface area contributed by atoms with Crippen molar-refractivity contribution in [3.63, 3.8) is 0 Å². The lowest BCUT2D eigenvalue weighted by Gasteiger charge is -2.32. The first kappa shape index (κ1) is 20.4. The highest BCUT2D eigenvalue weighted by Gasteiger charge is 2.26. The van der Waals surface area contributed by atoms with E-state index < -0.39 is 0 Å². The lowest BCUT2D eigenvalue weighted by molar-refractivity contribution is 0.191. The van der Waals surface area contributed by atoms with Crippen molar-refractivity contribution in [3.8, 4) is 17.1 Å². The Kier molecular flexibility index (Phi) is 5.77. The second kappa shape index (κ2) is 8.48. The Bertz CT molecular complexity index is 1020. The first-order valence-corrected chi connectivity index (χ1v) is 10.5. The molecular formula is C24H29N5O. The molecule has 6 heteroatoms. The summed E-state index contributed by atoms with van der Waals surface area (Å²) in [6, 6.07) is 7.84. The third kappa shape index (κ3) is 4.19. The molecule has 4 rings (SSSR count). The summed E-state index contributed by atoms with van der Waals surface area (Å²) < 4.78 is 6.03. The molecule has 1 aliphatic carbocycles. The van der Waals surface area contributed by atoms with Crippen molar-refractivity contribution < 1.29 is 4.74 Å². The fourth-order valence-corrected chi connectivity index (χ4v) is 3.63. The second-order valence-electron chi connectivity index (χ2n) is 8.49. The van der Waals surface area contributed by atoms with Gasteiger partial charge in [-0.1, -0.05) is 6.07 Å². The SMILES string of the molecule is CN(C)C(C)(C)c1cncc(-c2cc(OCc3ccccn3)nc3c2CCCC3)n1. The van der Waals surface area contributed by atoms with Crippen molar-refractivity contribution in [3.05, 3.63) is 65.5 Å². The van der Waals surface area contributed by atoms with E-state index in [1.165, 1.54) is 12.0 Å². The van der Waals surface area contributed by atoms with Gasteiger partial charge in [0.05, 0.1) is 35.0 Å². The quantitative estimate of drug-likeness (QED) is 0.615. The molecule has 0 aromatic carbocycles. The highest BCUT2D eigenvalue weighted by atomic mass is 16.5. The van der Waals surface area contributed by atoms with Crippen molar-refractivity contribution in [2.45, 2.75) is 51.7 Å². The minimum Gasteiger partial charge on any atom is -0.471 e. The molecule has 6 nitrogen and oxygen atoms in total. The van der Waals surface area contributed by atoms with Crippen LogP contribution in [0, 0.1) is 0 Å². The predicted molar refractivity (Wildman–Crippen MR) is 117 cm³/mol. The molecular weight excluding hydrogens is 374 g/mol. The topological polar surface area (TPSA) is 64.0 Å². The van der Waals surface area contributed by atoms with Gasteiger partial charge < -0.3 is 4.74 Å². The van der Waals surface area contributed by atoms with E-state index in [1.54, 1.807) is 6.20 Å². The van der Waals surface area contributed by atoms with E-state index in [9.17, 15) is 0 Å². The molecule has 30 heavy (non-hydrogen) atoms. The average Bonchev–Trinajstić information content (AvgIpc) is 2.78. The first-order valence-electron chi connectivity index (χ1n) is 10.5. The van der Waals surface area contributed by atoms with Crippen molar-refractivity contribution in [2.24, 2.45) is 0 Å². The fourth-order valence-electron chi connectivity index (χ4n) is 3.63. The van der Waals surface area contributed by atoms with Crippen LogP contribution in [0.4, 0.5) is 0 Å². The van der Waals surface area contributed by atoms with Gasteiger partial charge in [0.2, 0.25) is 5.88 Å². The first-order chi connectivity index (χ1) is 14.4. The number of pyridine rings is 2. The number of rotatable bonds is 6. The van der Waals surface area contributed by atoms with Gasteiger partial charge in [-0.25, -0.2) is 9.97 Å². The molecule has 156 valence electrons. The Morgan fingerprint density at radius 3 is 2.67 bits per heavy atom. The zero-order valence-electron chi connectivity index (χ0n) is 18.2. The molecule has 0 amide bonds. The van der Waals surface area contributed by atoms with Gasteiger partial charge in [0.15, 0.2) is 0 Å². The highest BCUT2D eigenvalue weighted by molar-refractivity contribution is 5.66. The maximum Gasteiger partial charge on any atom is 0.214 e. The van der Waals surface area contributed by atoms with E-state index in [4.69, 9.17) is 14.7 Å². The monoisotopic (exact) mass is 403 g/mol. The van der Waals surface area contributed by atoms with Gasteiger partial charge in [0, 0.05) is 23.5 Å². The summed E-state index contributed by atoms with van der Waals surface area (Å²) in [6.07, 6.45) is 9.80. The molecule has 0 radical (unpaired) electrons. The fraction of sp³-hybridized carbons (Fsp3) is 0.417. The molecule has 0 aliphatic heterocycles. The van der Waals surface area contributed by atoms with Crippen molar-refractivity contribution in [1.82, 2.24) is 24.8 Å². The summed E-state index contributed by atoms with van der Waals surface area (Å²) in [6.45, 7) is 4.71. The lowest BCUT2D eigenvalue weighted by Crippen LogP contribution is -2.36. The minimum atomic E-state index is -0.214. The minimum absolute atomic E-state index is 0.214. The summed E-state index contributed by atoms with van der Waals surface area (Å²) in [7, 11) is 4.12. The van der Waals surface area contributed by atoms with E-state index in [0.29, 0.717) is 12.5 Å². The van der Waals surface area contributed by atoms with Crippen LogP contribution < -0.4 is 4.74 Å². The number of aryl methyl sites for hydroxylation is 1. The van der Waals surface area contributed by atoms with Crippen LogP contribution in [0.5, 0.6) is 5.88 Å². The molecule has 3 heterocycles. The Hall–Kier alpha value is -2.86.